The minimum Gasteiger partial charge on any atom is -0.492 e. The molecule has 9 rings (SSSR count). The minimum absolute atomic E-state index is 0.0207. The van der Waals surface area contributed by atoms with Crippen LogP contribution in [0.4, 0.5) is 51.2 Å². The predicted octanol–water partition coefficient (Wildman–Crippen LogP) is 8.32. The van der Waals surface area contributed by atoms with Crippen molar-refractivity contribution in [3.05, 3.63) is 205 Å². The fraction of sp³-hybridized carbons (Fsp3) is 0.294. The van der Waals surface area contributed by atoms with Crippen molar-refractivity contribution in [2.75, 3.05) is 93.4 Å². The molecule has 26 nitrogen and oxygen atoms in total. The van der Waals surface area contributed by atoms with E-state index in [2.05, 4.69) is 4.90 Å². The fourth-order valence-electron chi connectivity index (χ4n) is 9.17. The zero-order valence-corrected chi connectivity index (χ0v) is 41.3. The van der Waals surface area contributed by atoms with Crippen LogP contribution in [0, 0.1) is 60.7 Å². The summed E-state index contributed by atoms with van der Waals surface area (Å²) < 4.78 is 18.9. The molecule has 0 saturated carbocycles. The molecular formula is C51H51N11O15. The highest BCUT2D eigenvalue weighted by atomic mass is 16.6. The molecule has 8 bridgehead atoms. The lowest BCUT2D eigenvalue weighted by molar-refractivity contribution is -0.394. The molecule has 0 atom stereocenters. The van der Waals surface area contributed by atoms with Crippen molar-refractivity contribution < 1.29 is 43.8 Å². The number of nitro benzene ring substituents is 6. The monoisotopic (exact) mass is 1060 g/mol. The third kappa shape index (κ3) is 14.0. The number of benzene rings is 6. The van der Waals surface area contributed by atoms with Crippen LogP contribution >= 0.6 is 0 Å². The highest BCUT2D eigenvalue weighted by molar-refractivity contribution is 5.69. The molecule has 6 aromatic rings. The molecule has 0 aliphatic carbocycles. The quantitative estimate of drug-likeness (QED) is 0.0970. The number of nitro groups is 6. The van der Waals surface area contributed by atoms with Crippen molar-refractivity contribution >= 4 is 51.2 Å². The molecule has 0 saturated heterocycles. The van der Waals surface area contributed by atoms with Crippen LogP contribution in [0.2, 0.25) is 0 Å². The van der Waals surface area contributed by atoms with Crippen molar-refractivity contribution in [1.29, 1.82) is 0 Å². The molecule has 0 unspecified atom stereocenters. The van der Waals surface area contributed by atoms with Gasteiger partial charge in [-0.2, -0.15) is 0 Å². The Labute approximate surface area is 438 Å². The highest BCUT2D eigenvalue weighted by Crippen LogP contribution is 2.37. The Bertz CT molecular complexity index is 2850. The first kappa shape index (κ1) is 53.7. The van der Waals surface area contributed by atoms with Gasteiger partial charge >= 0.3 is 0 Å². The molecule has 0 spiro atoms. The Balaban J connectivity index is 1.29. The summed E-state index contributed by atoms with van der Waals surface area (Å²) in [6, 6.07) is 31.6. The molecule has 77 heavy (non-hydrogen) atoms. The van der Waals surface area contributed by atoms with Crippen molar-refractivity contribution in [2.24, 2.45) is 0 Å². The Kier molecular flexibility index (Phi) is 17.2. The molecule has 3 aliphatic rings. The molecule has 6 aromatic carbocycles. The predicted molar refractivity (Wildman–Crippen MR) is 281 cm³/mol. The number of fused-ring (bicyclic) bond motifs is 15. The lowest BCUT2D eigenvalue weighted by atomic mass is 10.1. The molecular weight excluding hydrogens is 1010 g/mol. The fourth-order valence-corrected chi connectivity index (χ4v) is 9.17. The number of hydrogen-bond acceptors (Lipinski definition) is 20. The van der Waals surface area contributed by atoms with Crippen LogP contribution in [0.3, 0.4) is 0 Å². The number of rotatable bonds is 9. The van der Waals surface area contributed by atoms with Gasteiger partial charge in [-0.05, 0) is 71.3 Å². The van der Waals surface area contributed by atoms with Gasteiger partial charge in [-0.15, -0.1) is 0 Å². The van der Waals surface area contributed by atoms with E-state index in [0.29, 0.717) is 53.6 Å². The lowest BCUT2D eigenvalue weighted by Gasteiger charge is -2.33. The summed E-state index contributed by atoms with van der Waals surface area (Å²) in [7, 11) is 0. The van der Waals surface area contributed by atoms with Crippen molar-refractivity contribution in [3.63, 3.8) is 0 Å². The van der Waals surface area contributed by atoms with Crippen molar-refractivity contribution in [3.8, 4) is 17.2 Å². The molecule has 3 heterocycles. The third-order valence-corrected chi connectivity index (χ3v) is 13.0. The maximum Gasteiger partial charge on any atom is 0.299 e. The van der Waals surface area contributed by atoms with Gasteiger partial charge in [0.15, 0.2) is 0 Å². The number of nitrogens with zero attached hydrogens (tertiary/aromatic N) is 11. The normalized spacial score (nSPS) is 16.9. The molecule has 0 aromatic heterocycles. The zero-order chi connectivity index (χ0) is 54.6. The largest absolute Gasteiger partial charge is 0.492 e. The average molecular weight is 1060 g/mol. The Morgan fingerprint density at radius 3 is 0.883 bits per heavy atom. The lowest BCUT2D eigenvalue weighted by Crippen LogP contribution is -2.43. The molecule has 3 aliphatic heterocycles. The van der Waals surface area contributed by atoms with Gasteiger partial charge in [0.1, 0.15) is 54.1 Å². The van der Waals surface area contributed by atoms with Crippen LogP contribution in [0.1, 0.15) is 16.7 Å². The second-order valence-electron chi connectivity index (χ2n) is 18.0. The molecule has 0 N–H and O–H groups in total. The van der Waals surface area contributed by atoms with E-state index >= 15 is 0 Å². The average Bonchev–Trinajstić information content (AvgIpc) is 3.41. The summed E-state index contributed by atoms with van der Waals surface area (Å²) in [4.78, 5) is 78.7. The Morgan fingerprint density at radius 2 is 0.610 bits per heavy atom. The van der Waals surface area contributed by atoms with Crippen LogP contribution in [-0.4, -0.2) is 118 Å². The molecule has 400 valence electrons. The molecule has 0 radical (unpaired) electrons. The first-order valence-electron chi connectivity index (χ1n) is 24.2. The minimum atomic E-state index is -0.731. The van der Waals surface area contributed by atoms with Gasteiger partial charge < -0.3 is 28.9 Å². The van der Waals surface area contributed by atoms with E-state index < -0.39 is 63.7 Å². The highest BCUT2D eigenvalue weighted by Gasteiger charge is 2.29. The van der Waals surface area contributed by atoms with Gasteiger partial charge in [0.25, 0.3) is 34.1 Å². The van der Waals surface area contributed by atoms with E-state index in [1.54, 1.807) is 87.5 Å². The summed E-state index contributed by atoms with van der Waals surface area (Å²) >= 11 is 0. The number of ether oxygens (including phenoxy) is 3. The molecule has 0 amide bonds. The van der Waals surface area contributed by atoms with Crippen LogP contribution < -0.4 is 28.9 Å². The first-order chi connectivity index (χ1) is 37.1. The third-order valence-electron chi connectivity index (χ3n) is 13.0. The summed E-state index contributed by atoms with van der Waals surface area (Å²) in [6.45, 7) is 2.38. The van der Waals surface area contributed by atoms with Crippen LogP contribution in [0.5, 0.6) is 17.2 Å². The van der Waals surface area contributed by atoms with Crippen LogP contribution in [-0.2, 0) is 19.6 Å². The van der Waals surface area contributed by atoms with Gasteiger partial charge in [-0.25, -0.2) is 0 Å². The van der Waals surface area contributed by atoms with E-state index in [4.69, 9.17) is 14.2 Å². The smallest absolute Gasteiger partial charge is 0.299 e. The summed E-state index contributed by atoms with van der Waals surface area (Å²) in [5, 5.41) is 73.9. The standard InChI is InChI=1S/C51H51N11O15/c63-57(64)40-10-13-46(49(31-40)60(69)70)54-19-16-52-17-20-55(47-14-11-41(58(65)66)32-50(47)61(71)72)35-38-5-2-8-44(29-38)76-26-23-53(22-25-75-43-7-1-4-37(28-43)34-54)24-27-77-45-9-3-6-39(30-45)36-56(21-18-52)48-15-12-42(59(67)68)33-51(48)62(73)74/h1-15,28-33H,16-27,34-36H2. The molecule has 0 fully saturated rings. The second kappa shape index (κ2) is 24.6. The maximum atomic E-state index is 12.7. The number of hydrogen-bond donors (Lipinski definition) is 0. The van der Waals surface area contributed by atoms with Crippen molar-refractivity contribution in [1.82, 2.24) is 9.80 Å². The number of anilines is 3. The van der Waals surface area contributed by atoms with Crippen LogP contribution in [0.25, 0.3) is 0 Å². The van der Waals surface area contributed by atoms with E-state index in [1.807, 2.05) is 4.90 Å². The summed E-state index contributed by atoms with van der Waals surface area (Å²) in [5.41, 5.74) is -0.931. The summed E-state index contributed by atoms with van der Waals surface area (Å²) in [6.07, 6.45) is 0. The molecule has 26 heteroatoms. The Hall–Kier alpha value is -9.56. The SMILES string of the molecule is O=[N+]([O-])c1ccc(N2CCN3CCN(c4ccc([N+](=O)[O-])cc4[N+](=O)[O-])Cc4cccc(c4)OCCN(CCOc4cccc(c4)C2)CCOc2cccc(c2)CN(c2ccc([N+](=O)[O-])cc2[N+](=O)[O-])CC3)c([N+](=O)[O-])c1. The topological polar surface area (TPSA) is 303 Å². The second-order valence-corrected chi connectivity index (χ2v) is 18.0. The number of non-ortho nitro benzene ring substituents is 3. The van der Waals surface area contributed by atoms with Gasteiger partial charge in [-0.1, -0.05) is 36.4 Å². The van der Waals surface area contributed by atoms with E-state index in [9.17, 15) is 60.7 Å². The summed E-state index contributed by atoms with van der Waals surface area (Å²) in [5.74, 6) is 1.52. The van der Waals surface area contributed by atoms with E-state index in [1.165, 1.54) is 36.4 Å². The van der Waals surface area contributed by atoms with Crippen molar-refractivity contribution in [2.45, 2.75) is 19.6 Å². The van der Waals surface area contributed by atoms with Gasteiger partial charge in [-0.3, -0.25) is 70.5 Å². The van der Waals surface area contributed by atoms with Gasteiger partial charge in [0.2, 0.25) is 0 Å². The maximum absolute atomic E-state index is 12.7. The van der Waals surface area contributed by atoms with E-state index in [0.717, 1.165) is 18.2 Å². The van der Waals surface area contributed by atoms with Crippen LogP contribution in [0.15, 0.2) is 127 Å². The zero-order valence-electron chi connectivity index (χ0n) is 41.3. The van der Waals surface area contributed by atoms with E-state index in [-0.39, 0.29) is 95.8 Å². The van der Waals surface area contributed by atoms with Gasteiger partial charge in [0, 0.05) is 96.7 Å². The first-order valence-corrected chi connectivity index (χ1v) is 24.2. The van der Waals surface area contributed by atoms with Gasteiger partial charge in [0.05, 0.1) is 47.7 Å². The Morgan fingerprint density at radius 1 is 0.325 bits per heavy atom.